The Morgan fingerprint density at radius 2 is 2.26 bits per heavy atom. The first-order chi connectivity index (χ1) is 10.8. The lowest BCUT2D eigenvalue weighted by molar-refractivity contribution is -0.274. The van der Waals surface area contributed by atoms with E-state index in [2.05, 4.69) is 20.4 Å². The van der Waals surface area contributed by atoms with E-state index in [9.17, 15) is 18.0 Å². The van der Waals surface area contributed by atoms with Crippen molar-refractivity contribution in [3.05, 3.63) is 24.3 Å². The molecular weight excluding hydrogens is 313 g/mol. The molecule has 0 bridgehead atoms. The van der Waals surface area contributed by atoms with Crippen LogP contribution in [0.2, 0.25) is 0 Å². The van der Waals surface area contributed by atoms with Gasteiger partial charge in [-0.2, -0.15) is 0 Å². The highest BCUT2D eigenvalue weighted by molar-refractivity contribution is 5.92. The van der Waals surface area contributed by atoms with Crippen molar-refractivity contribution in [2.75, 3.05) is 11.9 Å². The number of guanidine groups is 1. The van der Waals surface area contributed by atoms with Gasteiger partial charge in [-0.05, 0) is 25.0 Å². The number of carbonyl (C=O) groups excluding carboxylic acids is 1. The summed E-state index contributed by atoms with van der Waals surface area (Å²) in [4.78, 5) is 15.3. The standard InChI is InChI=1S/C14H17F3N4O2/c15-14(16,17)23-11-5-1-3-9(7-11)21-13(18)19-8-10-4-2-6-12(22)20-10/h1,3,5,7,10H,2,4,6,8H2,(H,20,22)(H3,18,19,21). The van der Waals surface area contributed by atoms with E-state index >= 15 is 0 Å². The number of rotatable bonds is 4. The molecule has 6 nitrogen and oxygen atoms in total. The van der Waals surface area contributed by atoms with Crippen LogP contribution < -0.4 is 21.1 Å². The van der Waals surface area contributed by atoms with Gasteiger partial charge in [0.1, 0.15) is 5.75 Å². The SMILES string of the molecule is NC(=NCC1CCCC(=O)N1)Nc1cccc(OC(F)(F)F)c1. The third-order valence-corrected chi connectivity index (χ3v) is 3.14. The first-order valence-electron chi connectivity index (χ1n) is 7.04. The fourth-order valence-corrected chi connectivity index (χ4v) is 2.18. The Bertz CT molecular complexity index is 590. The first-order valence-corrected chi connectivity index (χ1v) is 7.04. The summed E-state index contributed by atoms with van der Waals surface area (Å²) < 4.78 is 40.3. The molecule has 0 aromatic heterocycles. The molecule has 4 N–H and O–H groups in total. The van der Waals surface area contributed by atoms with Crippen LogP contribution in [-0.4, -0.2) is 30.8 Å². The van der Waals surface area contributed by atoms with Crippen molar-refractivity contribution in [1.82, 2.24) is 5.32 Å². The first kappa shape index (κ1) is 16.9. The lowest BCUT2D eigenvalue weighted by Crippen LogP contribution is -2.41. The van der Waals surface area contributed by atoms with Gasteiger partial charge in [-0.1, -0.05) is 6.07 Å². The van der Waals surface area contributed by atoms with E-state index in [1.807, 2.05) is 0 Å². The molecule has 1 aromatic rings. The van der Waals surface area contributed by atoms with Crippen molar-refractivity contribution in [1.29, 1.82) is 0 Å². The van der Waals surface area contributed by atoms with Crippen LogP contribution in [0.25, 0.3) is 0 Å². The van der Waals surface area contributed by atoms with Crippen LogP contribution in [0.1, 0.15) is 19.3 Å². The minimum Gasteiger partial charge on any atom is -0.406 e. The van der Waals surface area contributed by atoms with Crippen molar-refractivity contribution in [3.8, 4) is 5.75 Å². The molecule has 126 valence electrons. The number of hydrogen-bond donors (Lipinski definition) is 3. The molecule has 1 saturated heterocycles. The summed E-state index contributed by atoms with van der Waals surface area (Å²) in [5, 5.41) is 5.48. The molecule has 1 unspecified atom stereocenters. The van der Waals surface area contributed by atoms with E-state index in [4.69, 9.17) is 5.73 Å². The summed E-state index contributed by atoms with van der Waals surface area (Å²) in [6.45, 7) is 0.309. The van der Waals surface area contributed by atoms with Crippen LogP contribution >= 0.6 is 0 Å². The molecule has 1 aromatic carbocycles. The number of nitrogens with zero attached hydrogens (tertiary/aromatic N) is 1. The Hall–Kier alpha value is -2.45. The molecule has 1 amide bonds. The van der Waals surface area contributed by atoms with Crippen molar-refractivity contribution in [3.63, 3.8) is 0 Å². The second-order valence-electron chi connectivity index (χ2n) is 5.08. The highest BCUT2D eigenvalue weighted by Crippen LogP contribution is 2.24. The lowest BCUT2D eigenvalue weighted by atomic mass is 10.0. The summed E-state index contributed by atoms with van der Waals surface area (Å²) in [6, 6.07) is 5.21. The van der Waals surface area contributed by atoms with Gasteiger partial charge >= 0.3 is 6.36 Å². The molecule has 1 atom stereocenters. The van der Waals surface area contributed by atoms with Gasteiger partial charge in [0.2, 0.25) is 5.91 Å². The number of alkyl halides is 3. The van der Waals surface area contributed by atoms with Gasteiger partial charge in [0.25, 0.3) is 0 Å². The van der Waals surface area contributed by atoms with Crippen molar-refractivity contribution in [2.24, 2.45) is 10.7 Å². The predicted molar refractivity (Wildman–Crippen MR) is 79.0 cm³/mol. The topological polar surface area (TPSA) is 88.7 Å². The van der Waals surface area contributed by atoms with Crippen molar-refractivity contribution in [2.45, 2.75) is 31.7 Å². The van der Waals surface area contributed by atoms with Crippen LogP contribution in [0.15, 0.2) is 29.3 Å². The average molecular weight is 330 g/mol. The number of halogens is 3. The molecule has 0 spiro atoms. The maximum atomic E-state index is 12.2. The zero-order valence-electron chi connectivity index (χ0n) is 12.2. The van der Waals surface area contributed by atoms with Crippen molar-refractivity contribution >= 4 is 17.6 Å². The maximum Gasteiger partial charge on any atom is 0.573 e. The van der Waals surface area contributed by atoms with Gasteiger partial charge in [-0.15, -0.1) is 13.2 Å². The maximum absolute atomic E-state index is 12.2. The molecule has 0 radical (unpaired) electrons. The summed E-state index contributed by atoms with van der Waals surface area (Å²) >= 11 is 0. The number of ether oxygens (including phenoxy) is 1. The van der Waals surface area contributed by atoms with Gasteiger partial charge in [-0.3, -0.25) is 9.79 Å². The third kappa shape index (κ3) is 6.05. The summed E-state index contributed by atoms with van der Waals surface area (Å²) in [5.41, 5.74) is 6.02. The van der Waals surface area contributed by atoms with E-state index in [1.165, 1.54) is 18.2 Å². The predicted octanol–water partition coefficient (Wildman–Crippen LogP) is 1.98. The zero-order chi connectivity index (χ0) is 16.9. The summed E-state index contributed by atoms with van der Waals surface area (Å²) in [7, 11) is 0. The number of anilines is 1. The van der Waals surface area contributed by atoms with E-state index in [0.717, 1.165) is 18.9 Å². The van der Waals surface area contributed by atoms with Gasteiger partial charge in [0.15, 0.2) is 5.96 Å². The average Bonchev–Trinajstić information content (AvgIpc) is 2.44. The third-order valence-electron chi connectivity index (χ3n) is 3.14. The van der Waals surface area contributed by atoms with E-state index < -0.39 is 6.36 Å². The number of nitrogens with one attached hydrogen (secondary N) is 2. The smallest absolute Gasteiger partial charge is 0.406 e. The molecule has 1 aliphatic rings. The number of carbonyl (C=O) groups is 1. The molecule has 1 fully saturated rings. The molecule has 23 heavy (non-hydrogen) atoms. The van der Waals surface area contributed by atoms with Crippen LogP contribution in [0.3, 0.4) is 0 Å². The quantitative estimate of drug-likeness (QED) is 0.582. The number of nitrogens with two attached hydrogens (primary N) is 1. The second kappa shape index (κ2) is 7.21. The Morgan fingerprint density at radius 3 is 2.96 bits per heavy atom. The summed E-state index contributed by atoms with van der Waals surface area (Å²) in [6.07, 6.45) is -2.62. The minimum absolute atomic E-state index is 0.0139. The minimum atomic E-state index is -4.75. The zero-order valence-corrected chi connectivity index (χ0v) is 12.2. The van der Waals surface area contributed by atoms with Crippen LogP contribution in [0.5, 0.6) is 5.75 Å². The Labute approximate surface area is 130 Å². The molecule has 2 rings (SSSR count). The van der Waals surface area contributed by atoms with Crippen LogP contribution in [0.4, 0.5) is 18.9 Å². The van der Waals surface area contributed by atoms with Crippen molar-refractivity contribution < 1.29 is 22.7 Å². The van der Waals surface area contributed by atoms with E-state index in [0.29, 0.717) is 18.7 Å². The molecule has 0 saturated carbocycles. The second-order valence-corrected chi connectivity index (χ2v) is 5.08. The Kier molecular flexibility index (Phi) is 5.30. The van der Waals surface area contributed by atoms with Gasteiger partial charge in [0, 0.05) is 24.2 Å². The van der Waals surface area contributed by atoms with E-state index in [-0.39, 0.29) is 23.7 Å². The molecular formula is C14H17F3N4O2. The lowest BCUT2D eigenvalue weighted by Gasteiger charge is -2.21. The number of hydrogen-bond acceptors (Lipinski definition) is 3. The van der Waals surface area contributed by atoms with Gasteiger partial charge in [-0.25, -0.2) is 0 Å². The summed E-state index contributed by atoms with van der Waals surface area (Å²) in [5.74, 6) is -0.316. The fourth-order valence-electron chi connectivity index (χ4n) is 2.18. The Morgan fingerprint density at radius 1 is 1.48 bits per heavy atom. The number of benzene rings is 1. The highest BCUT2D eigenvalue weighted by Gasteiger charge is 2.31. The van der Waals surface area contributed by atoms with E-state index in [1.54, 1.807) is 0 Å². The molecule has 0 aliphatic carbocycles. The normalized spacial score (nSPS) is 19.2. The fraction of sp³-hybridized carbons (Fsp3) is 0.429. The largest absolute Gasteiger partial charge is 0.573 e. The molecule has 1 heterocycles. The van der Waals surface area contributed by atoms with Crippen LogP contribution in [0, 0.1) is 0 Å². The molecule has 9 heteroatoms. The number of amides is 1. The van der Waals surface area contributed by atoms with Gasteiger partial charge in [0.05, 0.1) is 6.54 Å². The number of aliphatic imine (C=N–C) groups is 1. The number of piperidine rings is 1. The highest BCUT2D eigenvalue weighted by atomic mass is 19.4. The Balaban J connectivity index is 1.91. The monoisotopic (exact) mass is 330 g/mol. The van der Waals surface area contributed by atoms with Crippen LogP contribution in [-0.2, 0) is 4.79 Å². The molecule has 1 aliphatic heterocycles. The van der Waals surface area contributed by atoms with Gasteiger partial charge < -0.3 is 21.1 Å².